The molecule has 0 bridgehead atoms. The van der Waals surface area contributed by atoms with Gasteiger partial charge in [-0.05, 0) is 48.8 Å². The molecule has 2 heterocycles. The summed E-state index contributed by atoms with van der Waals surface area (Å²) in [6.45, 7) is 2.75. The Labute approximate surface area is 133 Å². The van der Waals surface area contributed by atoms with Crippen molar-refractivity contribution in [3.63, 3.8) is 0 Å². The zero-order valence-corrected chi connectivity index (χ0v) is 12.9. The quantitative estimate of drug-likeness (QED) is 0.702. The third-order valence-electron chi connectivity index (χ3n) is 4.29. The molecule has 1 aromatic heterocycles. The first-order chi connectivity index (χ1) is 11.1. The molecule has 0 amide bonds. The molecule has 114 valence electrons. The second-order valence-corrected chi connectivity index (χ2v) is 6.00. The fourth-order valence-corrected chi connectivity index (χ4v) is 3.04. The van der Waals surface area contributed by atoms with Crippen molar-refractivity contribution in [2.24, 2.45) is 0 Å². The molecule has 0 aliphatic carbocycles. The summed E-state index contributed by atoms with van der Waals surface area (Å²) in [7, 11) is 0. The summed E-state index contributed by atoms with van der Waals surface area (Å²) in [6, 6.07) is 13.6. The Kier molecular flexibility index (Phi) is 3.05. The number of hydrogen-bond acceptors (Lipinski definition) is 3. The van der Waals surface area contributed by atoms with E-state index in [0.29, 0.717) is 23.1 Å². The second-order valence-electron chi connectivity index (χ2n) is 6.00. The van der Waals surface area contributed by atoms with Crippen molar-refractivity contribution in [3.8, 4) is 0 Å². The normalized spacial score (nSPS) is 15.3. The van der Waals surface area contributed by atoms with Gasteiger partial charge < -0.3 is 5.73 Å². The van der Waals surface area contributed by atoms with E-state index in [9.17, 15) is 4.79 Å². The lowest BCUT2D eigenvalue weighted by Gasteiger charge is -2.06. The zero-order chi connectivity index (χ0) is 16.0. The number of fused-ring (bicyclic) bond motifs is 2. The molecule has 1 aliphatic heterocycles. The fourth-order valence-electron chi connectivity index (χ4n) is 3.04. The number of nitrogens with two attached hydrogens (primary N) is 1. The predicted molar refractivity (Wildman–Crippen MR) is 94.1 cm³/mol. The largest absolute Gasteiger partial charge is 0.399 e. The SMILES string of the molecule is Cc1ccc(C=C2CCn3c2nc2cc(N)ccc2c3=O)cc1. The van der Waals surface area contributed by atoms with Crippen LogP contribution >= 0.6 is 0 Å². The zero-order valence-electron chi connectivity index (χ0n) is 12.9. The van der Waals surface area contributed by atoms with Gasteiger partial charge in [0.25, 0.3) is 5.56 Å². The summed E-state index contributed by atoms with van der Waals surface area (Å²) < 4.78 is 1.76. The summed E-state index contributed by atoms with van der Waals surface area (Å²) >= 11 is 0. The topological polar surface area (TPSA) is 60.9 Å². The maximum Gasteiger partial charge on any atom is 0.261 e. The minimum atomic E-state index is 0.0114. The molecule has 0 radical (unpaired) electrons. The smallest absolute Gasteiger partial charge is 0.261 e. The maximum absolute atomic E-state index is 12.6. The van der Waals surface area contributed by atoms with Crippen molar-refractivity contribution in [3.05, 3.63) is 69.8 Å². The van der Waals surface area contributed by atoms with Gasteiger partial charge in [-0.2, -0.15) is 0 Å². The molecule has 2 N–H and O–H groups in total. The van der Waals surface area contributed by atoms with Crippen LogP contribution in [0.5, 0.6) is 0 Å². The van der Waals surface area contributed by atoms with Crippen LogP contribution in [-0.4, -0.2) is 9.55 Å². The van der Waals surface area contributed by atoms with Crippen LogP contribution in [0.3, 0.4) is 0 Å². The van der Waals surface area contributed by atoms with Gasteiger partial charge in [0.2, 0.25) is 0 Å². The molecule has 0 saturated heterocycles. The van der Waals surface area contributed by atoms with Crippen LogP contribution in [0.2, 0.25) is 0 Å². The van der Waals surface area contributed by atoms with Gasteiger partial charge in [-0.3, -0.25) is 9.36 Å². The van der Waals surface area contributed by atoms with Crippen LogP contribution in [-0.2, 0) is 6.54 Å². The molecule has 23 heavy (non-hydrogen) atoms. The van der Waals surface area contributed by atoms with Gasteiger partial charge >= 0.3 is 0 Å². The Morgan fingerprint density at radius 3 is 2.74 bits per heavy atom. The van der Waals surface area contributed by atoms with Crippen LogP contribution < -0.4 is 11.3 Å². The second kappa shape index (κ2) is 5.09. The first kappa shape index (κ1) is 13.8. The Morgan fingerprint density at radius 2 is 1.96 bits per heavy atom. The van der Waals surface area contributed by atoms with Gasteiger partial charge in [0, 0.05) is 12.2 Å². The number of aryl methyl sites for hydroxylation is 1. The molecular formula is C19H17N3O. The average molecular weight is 303 g/mol. The summed E-state index contributed by atoms with van der Waals surface area (Å²) in [5.74, 6) is 0.758. The van der Waals surface area contributed by atoms with Crippen molar-refractivity contribution < 1.29 is 0 Å². The van der Waals surface area contributed by atoms with Crippen molar-refractivity contribution in [1.29, 1.82) is 0 Å². The number of hydrogen-bond donors (Lipinski definition) is 1. The van der Waals surface area contributed by atoms with E-state index in [4.69, 9.17) is 5.73 Å². The number of benzene rings is 2. The lowest BCUT2D eigenvalue weighted by Crippen LogP contribution is -2.20. The number of nitrogen functional groups attached to an aromatic ring is 1. The highest BCUT2D eigenvalue weighted by atomic mass is 16.1. The molecule has 2 aromatic carbocycles. The van der Waals surface area contributed by atoms with Crippen molar-refractivity contribution in [2.45, 2.75) is 19.9 Å². The minimum absolute atomic E-state index is 0.0114. The lowest BCUT2D eigenvalue weighted by molar-refractivity contribution is 0.725. The van der Waals surface area contributed by atoms with E-state index in [0.717, 1.165) is 23.4 Å². The van der Waals surface area contributed by atoms with Gasteiger partial charge in [-0.25, -0.2) is 4.98 Å². The third kappa shape index (κ3) is 2.32. The summed E-state index contributed by atoms with van der Waals surface area (Å²) in [5.41, 5.74) is 10.6. The molecule has 4 rings (SSSR count). The third-order valence-corrected chi connectivity index (χ3v) is 4.29. The van der Waals surface area contributed by atoms with E-state index in [1.807, 2.05) is 0 Å². The predicted octanol–water partition coefficient (Wildman–Crippen LogP) is 3.23. The Bertz CT molecular complexity index is 998. The Balaban J connectivity index is 1.89. The molecule has 0 saturated carbocycles. The first-order valence-electron chi connectivity index (χ1n) is 7.69. The van der Waals surface area contributed by atoms with E-state index in [-0.39, 0.29) is 5.56 Å². The van der Waals surface area contributed by atoms with E-state index < -0.39 is 0 Å². The fraction of sp³-hybridized carbons (Fsp3) is 0.158. The first-order valence-corrected chi connectivity index (χ1v) is 7.69. The molecule has 0 unspecified atom stereocenters. The highest BCUT2D eigenvalue weighted by Gasteiger charge is 2.20. The van der Waals surface area contributed by atoms with E-state index in [2.05, 4.69) is 42.2 Å². The highest BCUT2D eigenvalue weighted by molar-refractivity contribution is 5.86. The monoisotopic (exact) mass is 303 g/mol. The van der Waals surface area contributed by atoms with Crippen LogP contribution in [0.4, 0.5) is 5.69 Å². The molecule has 0 fully saturated rings. The van der Waals surface area contributed by atoms with Gasteiger partial charge in [0.05, 0.1) is 10.9 Å². The van der Waals surface area contributed by atoms with Crippen LogP contribution in [0.15, 0.2) is 47.3 Å². The molecular weight excluding hydrogens is 286 g/mol. The molecule has 4 heteroatoms. The van der Waals surface area contributed by atoms with Gasteiger partial charge in [0.1, 0.15) is 5.82 Å². The van der Waals surface area contributed by atoms with Crippen LogP contribution in [0.1, 0.15) is 23.4 Å². The maximum atomic E-state index is 12.6. The van der Waals surface area contributed by atoms with E-state index in [1.54, 1.807) is 22.8 Å². The summed E-state index contributed by atoms with van der Waals surface area (Å²) in [5, 5.41) is 0.625. The molecule has 4 nitrogen and oxygen atoms in total. The van der Waals surface area contributed by atoms with Crippen molar-refractivity contribution in [1.82, 2.24) is 9.55 Å². The van der Waals surface area contributed by atoms with E-state index in [1.165, 1.54) is 5.56 Å². The number of nitrogens with zero attached hydrogens (tertiary/aromatic N) is 2. The number of rotatable bonds is 1. The summed E-state index contributed by atoms with van der Waals surface area (Å²) in [6.07, 6.45) is 2.94. The molecule has 3 aromatic rings. The van der Waals surface area contributed by atoms with Gasteiger partial charge in [-0.15, -0.1) is 0 Å². The Hall–Kier alpha value is -2.88. The Morgan fingerprint density at radius 1 is 1.17 bits per heavy atom. The molecule has 0 spiro atoms. The number of aromatic nitrogens is 2. The van der Waals surface area contributed by atoms with Crippen LogP contribution in [0, 0.1) is 6.92 Å². The highest BCUT2D eigenvalue weighted by Crippen LogP contribution is 2.27. The van der Waals surface area contributed by atoms with Gasteiger partial charge in [0.15, 0.2) is 0 Å². The van der Waals surface area contributed by atoms with Gasteiger partial charge in [-0.1, -0.05) is 29.8 Å². The minimum Gasteiger partial charge on any atom is -0.399 e. The molecule has 0 atom stereocenters. The lowest BCUT2D eigenvalue weighted by atomic mass is 10.1. The van der Waals surface area contributed by atoms with Crippen molar-refractivity contribution >= 4 is 28.2 Å². The number of anilines is 1. The van der Waals surface area contributed by atoms with Crippen molar-refractivity contribution in [2.75, 3.05) is 5.73 Å². The number of allylic oxidation sites excluding steroid dienone is 1. The van der Waals surface area contributed by atoms with E-state index >= 15 is 0 Å². The standard InChI is InChI=1S/C19H17N3O/c1-12-2-4-13(5-3-12)10-14-8-9-22-18(14)21-17-11-15(20)6-7-16(17)19(22)23/h2-7,10-11H,8-9,20H2,1H3. The molecule has 1 aliphatic rings. The van der Waals surface area contributed by atoms with Crippen LogP contribution in [0.25, 0.3) is 22.6 Å². The summed E-state index contributed by atoms with van der Waals surface area (Å²) in [4.78, 5) is 17.3. The average Bonchev–Trinajstić information content (AvgIpc) is 2.93.